The summed E-state index contributed by atoms with van der Waals surface area (Å²) in [4.78, 5) is 0. The molecule has 0 bridgehead atoms. The standard InChI is InChI=1S/C15H17N3O/c1-19-12-3-4-13-11(9-12)10-14-15-16-5-2-6-17(15)7-8-18(13)14/h3-4,9-10H,2,5-8H2,1H3/p+1. The van der Waals surface area contributed by atoms with Gasteiger partial charge in [-0.05, 0) is 24.3 Å². The first-order valence-electron chi connectivity index (χ1n) is 6.90. The molecule has 4 heteroatoms. The number of ether oxygens (including phenoxy) is 1. The second-order valence-corrected chi connectivity index (χ2v) is 5.22. The summed E-state index contributed by atoms with van der Waals surface area (Å²) in [6.45, 7) is 4.42. The molecule has 1 N–H and O–H groups in total. The van der Waals surface area contributed by atoms with Gasteiger partial charge >= 0.3 is 0 Å². The first-order chi connectivity index (χ1) is 9.36. The van der Waals surface area contributed by atoms with Crippen LogP contribution in [0.4, 0.5) is 0 Å². The van der Waals surface area contributed by atoms with Crippen LogP contribution in [0.25, 0.3) is 10.9 Å². The van der Waals surface area contributed by atoms with Gasteiger partial charge in [-0.3, -0.25) is 9.89 Å². The highest BCUT2D eigenvalue weighted by Gasteiger charge is 2.28. The van der Waals surface area contributed by atoms with Gasteiger partial charge < -0.3 is 9.30 Å². The number of hydrogen-bond acceptors (Lipinski definition) is 2. The number of rotatable bonds is 1. The molecule has 0 saturated carbocycles. The molecule has 3 heterocycles. The van der Waals surface area contributed by atoms with Crippen molar-refractivity contribution in [3.63, 3.8) is 0 Å². The van der Waals surface area contributed by atoms with E-state index in [1.807, 2.05) is 6.07 Å². The van der Waals surface area contributed by atoms with Crippen LogP contribution in [-0.4, -0.2) is 41.7 Å². The number of hydrogen-bond donors (Lipinski definition) is 1. The Labute approximate surface area is 112 Å². The van der Waals surface area contributed by atoms with E-state index in [9.17, 15) is 0 Å². The average molecular weight is 256 g/mol. The number of aromatic nitrogens is 1. The molecule has 19 heavy (non-hydrogen) atoms. The molecule has 4 rings (SSSR count). The number of benzene rings is 1. The van der Waals surface area contributed by atoms with Crippen LogP contribution in [-0.2, 0) is 6.54 Å². The van der Waals surface area contributed by atoms with Crippen LogP contribution in [0.15, 0.2) is 24.3 Å². The molecule has 0 radical (unpaired) electrons. The van der Waals surface area contributed by atoms with Gasteiger partial charge in [-0.1, -0.05) is 0 Å². The molecule has 0 aliphatic carbocycles. The van der Waals surface area contributed by atoms with Crippen molar-refractivity contribution >= 4 is 16.7 Å². The molecule has 98 valence electrons. The number of nitrogens with one attached hydrogen (secondary N) is 1. The quantitative estimate of drug-likeness (QED) is 0.782. The molecule has 2 aromatic rings. The van der Waals surface area contributed by atoms with Crippen molar-refractivity contribution in [1.82, 2.24) is 9.88 Å². The van der Waals surface area contributed by atoms with Crippen molar-refractivity contribution in [2.75, 3.05) is 26.7 Å². The van der Waals surface area contributed by atoms with E-state index in [-0.39, 0.29) is 0 Å². The summed E-state index contributed by atoms with van der Waals surface area (Å²) >= 11 is 0. The fourth-order valence-corrected chi connectivity index (χ4v) is 3.21. The summed E-state index contributed by atoms with van der Waals surface area (Å²) in [7, 11) is 1.72. The highest BCUT2D eigenvalue weighted by molar-refractivity contribution is 6.00. The van der Waals surface area contributed by atoms with E-state index in [2.05, 4.69) is 32.7 Å². The van der Waals surface area contributed by atoms with Crippen molar-refractivity contribution in [3.05, 3.63) is 30.0 Å². The molecule has 4 nitrogen and oxygen atoms in total. The number of amidine groups is 1. The largest absolute Gasteiger partial charge is 0.497 e. The lowest BCUT2D eigenvalue weighted by molar-refractivity contribution is -0.537. The Morgan fingerprint density at radius 3 is 3.11 bits per heavy atom. The first-order valence-corrected chi connectivity index (χ1v) is 6.90. The van der Waals surface area contributed by atoms with E-state index in [4.69, 9.17) is 4.74 Å². The van der Waals surface area contributed by atoms with Crippen molar-refractivity contribution in [2.45, 2.75) is 13.0 Å². The summed E-state index contributed by atoms with van der Waals surface area (Å²) in [5, 5.41) is 4.82. The average Bonchev–Trinajstić information content (AvgIpc) is 2.85. The molecule has 0 amide bonds. The Morgan fingerprint density at radius 2 is 2.21 bits per heavy atom. The highest BCUT2D eigenvalue weighted by atomic mass is 16.5. The summed E-state index contributed by atoms with van der Waals surface area (Å²) in [6, 6.07) is 8.60. The van der Waals surface area contributed by atoms with Gasteiger partial charge in [0, 0.05) is 17.3 Å². The molecule has 0 saturated heterocycles. The minimum Gasteiger partial charge on any atom is -0.497 e. The Hall–Kier alpha value is -1.97. The SMILES string of the molecule is COc1ccc2c(c1)cc1n2CC[N+]2=C1NCCC2. The maximum atomic E-state index is 5.32. The zero-order chi connectivity index (χ0) is 12.8. The van der Waals surface area contributed by atoms with Crippen LogP contribution in [0.5, 0.6) is 5.75 Å². The Kier molecular flexibility index (Phi) is 2.31. The van der Waals surface area contributed by atoms with Gasteiger partial charge in [-0.2, -0.15) is 0 Å². The smallest absolute Gasteiger partial charge is 0.294 e. The van der Waals surface area contributed by atoms with Gasteiger partial charge in [0.15, 0.2) is 0 Å². The van der Waals surface area contributed by atoms with Crippen LogP contribution in [0, 0.1) is 0 Å². The minimum atomic E-state index is 0.925. The molecule has 0 fully saturated rings. The second-order valence-electron chi connectivity index (χ2n) is 5.22. The maximum absolute atomic E-state index is 5.32. The predicted octanol–water partition coefficient (Wildman–Crippen LogP) is 1.42. The number of nitrogens with zero attached hydrogens (tertiary/aromatic N) is 2. The van der Waals surface area contributed by atoms with E-state index < -0.39 is 0 Å². The third kappa shape index (κ3) is 1.56. The van der Waals surface area contributed by atoms with Crippen LogP contribution >= 0.6 is 0 Å². The molecule has 0 unspecified atom stereocenters. The topological polar surface area (TPSA) is 29.2 Å². The lowest BCUT2D eigenvalue weighted by atomic mass is 10.2. The van der Waals surface area contributed by atoms with Crippen LogP contribution in [0.1, 0.15) is 12.1 Å². The summed E-state index contributed by atoms with van der Waals surface area (Å²) in [5.74, 6) is 2.22. The molecular formula is C15H18N3O+. The van der Waals surface area contributed by atoms with Gasteiger partial charge in [0.25, 0.3) is 5.84 Å². The predicted molar refractivity (Wildman–Crippen MR) is 75.2 cm³/mol. The van der Waals surface area contributed by atoms with Crippen molar-refractivity contribution in [3.8, 4) is 5.75 Å². The Balaban J connectivity index is 1.93. The van der Waals surface area contributed by atoms with Crippen LogP contribution in [0.2, 0.25) is 0 Å². The Bertz CT molecular complexity index is 684. The second kappa shape index (κ2) is 4.02. The summed E-state index contributed by atoms with van der Waals surface area (Å²) < 4.78 is 10.2. The molecule has 1 aromatic carbocycles. The third-order valence-corrected chi connectivity index (χ3v) is 4.16. The molecule has 0 atom stereocenters. The zero-order valence-corrected chi connectivity index (χ0v) is 11.1. The molecule has 2 aliphatic rings. The molecule has 1 aromatic heterocycles. The molecule has 2 aliphatic heterocycles. The summed E-state index contributed by atoms with van der Waals surface area (Å²) in [6.07, 6.45) is 1.23. The first kappa shape index (κ1) is 10.9. The monoisotopic (exact) mass is 256 g/mol. The fraction of sp³-hybridized carbons (Fsp3) is 0.400. The molecular weight excluding hydrogens is 238 g/mol. The number of fused-ring (bicyclic) bond motifs is 4. The van der Waals surface area contributed by atoms with E-state index in [0.717, 1.165) is 25.4 Å². The fourth-order valence-electron chi connectivity index (χ4n) is 3.21. The van der Waals surface area contributed by atoms with E-state index in [0.29, 0.717) is 0 Å². The van der Waals surface area contributed by atoms with Gasteiger partial charge in [0.2, 0.25) is 0 Å². The van der Waals surface area contributed by atoms with Gasteiger partial charge in [-0.25, -0.2) is 0 Å². The Morgan fingerprint density at radius 1 is 1.26 bits per heavy atom. The van der Waals surface area contributed by atoms with Gasteiger partial charge in [0.1, 0.15) is 18.0 Å². The van der Waals surface area contributed by atoms with E-state index >= 15 is 0 Å². The number of methoxy groups -OCH3 is 1. The highest BCUT2D eigenvalue weighted by Crippen LogP contribution is 2.26. The summed E-state index contributed by atoms with van der Waals surface area (Å²) in [5.41, 5.74) is 2.62. The van der Waals surface area contributed by atoms with E-state index in [1.165, 1.54) is 35.4 Å². The molecule has 0 spiro atoms. The zero-order valence-electron chi connectivity index (χ0n) is 11.1. The van der Waals surface area contributed by atoms with Gasteiger partial charge in [0.05, 0.1) is 26.7 Å². The lowest BCUT2D eigenvalue weighted by Crippen LogP contribution is -2.46. The van der Waals surface area contributed by atoms with Gasteiger partial charge in [-0.15, -0.1) is 0 Å². The van der Waals surface area contributed by atoms with Crippen LogP contribution < -0.4 is 10.1 Å². The third-order valence-electron chi connectivity index (χ3n) is 4.16. The normalized spacial score (nSPS) is 17.9. The van der Waals surface area contributed by atoms with Crippen molar-refractivity contribution in [1.29, 1.82) is 0 Å². The van der Waals surface area contributed by atoms with Crippen LogP contribution in [0.3, 0.4) is 0 Å². The minimum absolute atomic E-state index is 0.925. The van der Waals surface area contributed by atoms with E-state index in [1.54, 1.807) is 7.11 Å². The van der Waals surface area contributed by atoms with Crippen molar-refractivity contribution in [2.24, 2.45) is 0 Å². The maximum Gasteiger partial charge on any atom is 0.294 e. The van der Waals surface area contributed by atoms with Crippen molar-refractivity contribution < 1.29 is 9.31 Å². The lowest BCUT2D eigenvalue weighted by Gasteiger charge is -2.23.